The van der Waals surface area contributed by atoms with Crippen LogP contribution in [0.4, 0.5) is 0 Å². The second-order valence-electron chi connectivity index (χ2n) is 4.20. The molecule has 96 valence electrons. The molecule has 0 saturated heterocycles. The van der Waals surface area contributed by atoms with Crippen LogP contribution in [-0.2, 0) is 4.74 Å². The van der Waals surface area contributed by atoms with Gasteiger partial charge in [0.05, 0.1) is 6.10 Å². The van der Waals surface area contributed by atoms with Gasteiger partial charge in [-0.1, -0.05) is 6.07 Å². The molecular weight excluding hydrogens is 230 g/mol. The number of benzene rings is 1. The van der Waals surface area contributed by atoms with E-state index in [0.29, 0.717) is 6.54 Å². The van der Waals surface area contributed by atoms with E-state index in [2.05, 4.69) is 32.0 Å². The average Bonchev–Trinajstić information content (AvgIpc) is 2.32. The lowest BCUT2D eigenvalue weighted by molar-refractivity contribution is 0.0674. The maximum Gasteiger partial charge on any atom is 0.0705 e. The van der Waals surface area contributed by atoms with Gasteiger partial charge < -0.3 is 10.5 Å². The minimum absolute atomic E-state index is 0.207. The number of rotatable bonds is 7. The van der Waals surface area contributed by atoms with Gasteiger partial charge in [-0.3, -0.25) is 0 Å². The summed E-state index contributed by atoms with van der Waals surface area (Å²) in [5.41, 5.74) is 8.36. The second-order valence-corrected chi connectivity index (χ2v) is 5.36. The third-order valence-electron chi connectivity index (χ3n) is 2.85. The molecule has 0 amide bonds. The molecule has 0 aliphatic carbocycles. The van der Waals surface area contributed by atoms with E-state index in [1.54, 1.807) is 0 Å². The highest BCUT2D eigenvalue weighted by Gasteiger charge is 2.06. The van der Waals surface area contributed by atoms with E-state index in [4.69, 9.17) is 10.5 Å². The van der Waals surface area contributed by atoms with E-state index >= 15 is 0 Å². The Morgan fingerprint density at radius 2 is 2.06 bits per heavy atom. The van der Waals surface area contributed by atoms with Crippen LogP contribution in [0, 0.1) is 13.8 Å². The SMILES string of the molecule is CCOC(CN)CCSc1ccc(C)c(C)c1. The summed E-state index contributed by atoms with van der Waals surface area (Å²) in [6.07, 6.45) is 1.22. The first-order valence-electron chi connectivity index (χ1n) is 6.19. The Labute approximate surface area is 109 Å². The summed E-state index contributed by atoms with van der Waals surface area (Å²) in [5.74, 6) is 1.06. The van der Waals surface area contributed by atoms with Crippen LogP contribution in [0.2, 0.25) is 0 Å². The summed E-state index contributed by atoms with van der Waals surface area (Å²) in [6, 6.07) is 6.61. The first-order valence-corrected chi connectivity index (χ1v) is 7.17. The molecule has 0 spiro atoms. The van der Waals surface area contributed by atoms with Gasteiger partial charge in [-0.2, -0.15) is 0 Å². The summed E-state index contributed by atoms with van der Waals surface area (Å²) < 4.78 is 5.53. The fourth-order valence-corrected chi connectivity index (χ4v) is 2.66. The van der Waals surface area contributed by atoms with Gasteiger partial charge in [-0.25, -0.2) is 0 Å². The van der Waals surface area contributed by atoms with E-state index in [1.165, 1.54) is 16.0 Å². The summed E-state index contributed by atoms with van der Waals surface area (Å²) >= 11 is 1.88. The number of hydrogen-bond donors (Lipinski definition) is 1. The number of hydrogen-bond acceptors (Lipinski definition) is 3. The van der Waals surface area contributed by atoms with Crippen molar-refractivity contribution in [2.75, 3.05) is 18.9 Å². The van der Waals surface area contributed by atoms with Crippen molar-refractivity contribution >= 4 is 11.8 Å². The first-order chi connectivity index (χ1) is 8.17. The van der Waals surface area contributed by atoms with Gasteiger partial charge in [0.15, 0.2) is 0 Å². The Balaban J connectivity index is 2.37. The van der Waals surface area contributed by atoms with E-state index < -0.39 is 0 Å². The standard InChI is InChI=1S/C14H23NOS/c1-4-16-13(10-15)7-8-17-14-6-5-11(2)12(3)9-14/h5-6,9,13H,4,7-8,10,15H2,1-3H3. The minimum Gasteiger partial charge on any atom is -0.377 e. The Bertz CT molecular complexity index is 341. The molecule has 0 aromatic heterocycles. The zero-order chi connectivity index (χ0) is 12.7. The maximum absolute atomic E-state index is 5.65. The molecule has 0 radical (unpaired) electrons. The van der Waals surface area contributed by atoms with Crippen molar-refractivity contribution in [2.24, 2.45) is 5.73 Å². The van der Waals surface area contributed by atoms with Crippen molar-refractivity contribution in [1.82, 2.24) is 0 Å². The van der Waals surface area contributed by atoms with Crippen LogP contribution in [0.15, 0.2) is 23.1 Å². The smallest absolute Gasteiger partial charge is 0.0705 e. The van der Waals surface area contributed by atoms with Gasteiger partial charge >= 0.3 is 0 Å². The van der Waals surface area contributed by atoms with Crippen molar-refractivity contribution in [2.45, 2.75) is 38.2 Å². The van der Waals surface area contributed by atoms with Crippen molar-refractivity contribution < 1.29 is 4.74 Å². The second kappa shape index (κ2) is 7.75. The van der Waals surface area contributed by atoms with Gasteiger partial charge in [0.1, 0.15) is 0 Å². The minimum atomic E-state index is 0.207. The van der Waals surface area contributed by atoms with E-state index in [0.717, 1.165) is 18.8 Å². The molecule has 0 aliphatic heterocycles. The zero-order valence-corrected chi connectivity index (χ0v) is 11.8. The molecule has 2 nitrogen and oxygen atoms in total. The van der Waals surface area contributed by atoms with Crippen LogP contribution < -0.4 is 5.73 Å². The fraction of sp³-hybridized carbons (Fsp3) is 0.571. The molecule has 0 bridgehead atoms. The lowest BCUT2D eigenvalue weighted by Gasteiger charge is -2.14. The molecule has 0 heterocycles. The molecule has 1 aromatic rings. The molecule has 1 aromatic carbocycles. The molecule has 3 heteroatoms. The van der Waals surface area contributed by atoms with E-state index in [1.807, 2.05) is 18.7 Å². The number of thioether (sulfide) groups is 1. The predicted molar refractivity (Wildman–Crippen MR) is 75.7 cm³/mol. The molecule has 1 unspecified atom stereocenters. The maximum atomic E-state index is 5.65. The molecule has 1 rings (SSSR count). The molecule has 17 heavy (non-hydrogen) atoms. The highest BCUT2D eigenvalue weighted by atomic mass is 32.2. The quantitative estimate of drug-likeness (QED) is 0.758. The van der Waals surface area contributed by atoms with Gasteiger partial charge in [0, 0.05) is 23.8 Å². The van der Waals surface area contributed by atoms with Crippen LogP contribution >= 0.6 is 11.8 Å². The highest BCUT2D eigenvalue weighted by molar-refractivity contribution is 7.99. The molecule has 0 aliphatic rings. The molecule has 0 fully saturated rings. The monoisotopic (exact) mass is 253 g/mol. The van der Waals surface area contributed by atoms with Crippen LogP contribution in [0.25, 0.3) is 0 Å². The van der Waals surface area contributed by atoms with Crippen molar-refractivity contribution in [3.05, 3.63) is 29.3 Å². The Morgan fingerprint density at radius 3 is 2.65 bits per heavy atom. The molecule has 2 N–H and O–H groups in total. The highest BCUT2D eigenvalue weighted by Crippen LogP contribution is 2.22. The lowest BCUT2D eigenvalue weighted by atomic mass is 10.1. The topological polar surface area (TPSA) is 35.2 Å². The van der Waals surface area contributed by atoms with Gasteiger partial charge in [0.2, 0.25) is 0 Å². The normalized spacial score (nSPS) is 12.7. The Kier molecular flexibility index (Phi) is 6.63. The molecular formula is C14H23NOS. The van der Waals surface area contributed by atoms with Crippen LogP contribution in [0.5, 0.6) is 0 Å². The largest absolute Gasteiger partial charge is 0.377 e. The zero-order valence-electron chi connectivity index (χ0n) is 11.0. The summed E-state index contributed by atoms with van der Waals surface area (Å²) in [4.78, 5) is 1.33. The fourth-order valence-electron chi connectivity index (χ4n) is 1.62. The van der Waals surface area contributed by atoms with Gasteiger partial charge in [-0.05, 0) is 50.5 Å². The van der Waals surface area contributed by atoms with Gasteiger partial charge in [0.25, 0.3) is 0 Å². The number of ether oxygens (including phenoxy) is 1. The van der Waals surface area contributed by atoms with E-state index in [9.17, 15) is 0 Å². The summed E-state index contributed by atoms with van der Waals surface area (Å²) in [7, 11) is 0. The summed E-state index contributed by atoms with van der Waals surface area (Å²) in [6.45, 7) is 7.67. The van der Waals surface area contributed by atoms with E-state index in [-0.39, 0.29) is 6.10 Å². The molecule has 0 saturated carbocycles. The first kappa shape index (κ1) is 14.6. The number of nitrogens with two attached hydrogens (primary N) is 1. The van der Waals surface area contributed by atoms with Gasteiger partial charge in [-0.15, -0.1) is 11.8 Å². The van der Waals surface area contributed by atoms with Crippen molar-refractivity contribution in [3.8, 4) is 0 Å². The summed E-state index contributed by atoms with van der Waals surface area (Å²) in [5, 5.41) is 0. The number of aryl methyl sites for hydroxylation is 2. The van der Waals surface area contributed by atoms with Crippen LogP contribution in [0.1, 0.15) is 24.5 Å². The van der Waals surface area contributed by atoms with Crippen LogP contribution in [-0.4, -0.2) is 25.0 Å². The lowest BCUT2D eigenvalue weighted by Crippen LogP contribution is -2.24. The molecule has 1 atom stereocenters. The Morgan fingerprint density at radius 1 is 1.29 bits per heavy atom. The van der Waals surface area contributed by atoms with Crippen molar-refractivity contribution in [1.29, 1.82) is 0 Å². The predicted octanol–water partition coefficient (Wildman–Crippen LogP) is 3.15. The third-order valence-corrected chi connectivity index (χ3v) is 3.88. The van der Waals surface area contributed by atoms with Crippen molar-refractivity contribution in [3.63, 3.8) is 0 Å². The average molecular weight is 253 g/mol. The van der Waals surface area contributed by atoms with Crippen LogP contribution in [0.3, 0.4) is 0 Å². The Hall–Kier alpha value is -0.510. The third kappa shape index (κ3) is 5.11.